The lowest BCUT2D eigenvalue weighted by Gasteiger charge is -2.20. The number of aromatic nitrogens is 1. The Morgan fingerprint density at radius 1 is 1.27 bits per heavy atom. The molecule has 0 aliphatic heterocycles. The first-order valence-electron chi connectivity index (χ1n) is 6.73. The fraction of sp³-hybridized carbons (Fsp3) is 0.357. The van der Waals surface area contributed by atoms with Crippen LogP contribution in [-0.4, -0.2) is 30.8 Å². The fourth-order valence-corrected chi connectivity index (χ4v) is 4.23. The Bertz CT molecular complexity index is 698. The van der Waals surface area contributed by atoms with Gasteiger partial charge < -0.3 is 0 Å². The summed E-state index contributed by atoms with van der Waals surface area (Å²) < 4.78 is 53.2. The molecule has 2 rings (SSSR count). The summed E-state index contributed by atoms with van der Waals surface area (Å²) in [4.78, 5) is 4.09. The monoisotopic (exact) mass is 346 g/mol. The van der Waals surface area contributed by atoms with E-state index in [2.05, 4.69) is 4.98 Å². The average Bonchev–Trinajstić information content (AvgIpc) is 2.97. The molecule has 0 bridgehead atoms. The molecule has 8 heteroatoms. The zero-order valence-corrected chi connectivity index (χ0v) is 13.6. The van der Waals surface area contributed by atoms with Gasteiger partial charge >= 0.3 is 0 Å². The van der Waals surface area contributed by atoms with Crippen LogP contribution in [0.1, 0.15) is 17.5 Å². The average molecular weight is 346 g/mol. The van der Waals surface area contributed by atoms with Gasteiger partial charge in [-0.2, -0.15) is 0 Å². The second-order valence-corrected chi connectivity index (χ2v) is 7.57. The highest BCUT2D eigenvalue weighted by molar-refractivity contribution is 7.88. The van der Waals surface area contributed by atoms with E-state index in [0.29, 0.717) is 6.42 Å². The molecule has 0 unspecified atom stereocenters. The third-order valence-corrected chi connectivity index (χ3v) is 5.91. The molecule has 0 aliphatic carbocycles. The van der Waals surface area contributed by atoms with Gasteiger partial charge in [0.15, 0.2) is 0 Å². The number of nitrogens with zero attached hydrogens (tertiary/aromatic N) is 2. The lowest BCUT2D eigenvalue weighted by Crippen LogP contribution is -2.34. The molecule has 0 N–H and O–H groups in total. The van der Waals surface area contributed by atoms with E-state index in [0.717, 1.165) is 17.1 Å². The van der Waals surface area contributed by atoms with E-state index in [4.69, 9.17) is 0 Å². The Balaban J connectivity index is 2.13. The van der Waals surface area contributed by atoms with Crippen molar-refractivity contribution in [3.05, 3.63) is 52.0 Å². The predicted octanol–water partition coefficient (Wildman–Crippen LogP) is 2.82. The molecule has 0 saturated heterocycles. The van der Waals surface area contributed by atoms with E-state index in [1.54, 1.807) is 13.1 Å². The number of sulfonamides is 1. The highest BCUT2D eigenvalue weighted by Crippen LogP contribution is 2.18. The molecule has 2 aromatic rings. The highest BCUT2D eigenvalue weighted by atomic mass is 32.2. The quantitative estimate of drug-likeness (QED) is 0.775. The number of hydrogen-bond donors (Lipinski definition) is 0. The topological polar surface area (TPSA) is 50.3 Å². The van der Waals surface area contributed by atoms with Crippen LogP contribution < -0.4 is 0 Å². The van der Waals surface area contributed by atoms with Gasteiger partial charge in [-0.1, -0.05) is 13.0 Å². The molecule has 0 aliphatic rings. The number of thiazole rings is 1. The van der Waals surface area contributed by atoms with Gasteiger partial charge in [0.2, 0.25) is 10.0 Å². The standard InChI is InChI=1S/C14H16F2N2O2S2/c1-2-18(8-6-14-17-7-9-21-14)22(19,20)10-11-12(15)4-3-5-13(11)16/h3-5,7,9H,2,6,8,10H2,1H3. The van der Waals surface area contributed by atoms with Crippen LogP contribution >= 0.6 is 11.3 Å². The minimum Gasteiger partial charge on any atom is -0.250 e. The molecule has 1 aromatic heterocycles. The maximum absolute atomic E-state index is 13.6. The second-order valence-electron chi connectivity index (χ2n) is 4.62. The molecular formula is C14H16F2N2O2S2. The molecule has 4 nitrogen and oxygen atoms in total. The van der Waals surface area contributed by atoms with Crippen molar-refractivity contribution in [2.24, 2.45) is 0 Å². The van der Waals surface area contributed by atoms with Crippen LogP contribution in [0.5, 0.6) is 0 Å². The summed E-state index contributed by atoms with van der Waals surface area (Å²) in [5.41, 5.74) is -0.421. The number of rotatable bonds is 7. The van der Waals surface area contributed by atoms with Gasteiger partial charge in [-0.3, -0.25) is 0 Å². The van der Waals surface area contributed by atoms with Crippen molar-refractivity contribution in [3.8, 4) is 0 Å². The van der Waals surface area contributed by atoms with Gasteiger partial charge in [-0.15, -0.1) is 11.3 Å². The molecule has 0 atom stereocenters. The number of halogens is 2. The smallest absolute Gasteiger partial charge is 0.218 e. The SMILES string of the molecule is CCN(CCc1nccs1)S(=O)(=O)Cc1c(F)cccc1F. The van der Waals surface area contributed by atoms with Gasteiger partial charge in [0.1, 0.15) is 11.6 Å². The first kappa shape index (κ1) is 17.0. The van der Waals surface area contributed by atoms with Crippen molar-refractivity contribution in [3.63, 3.8) is 0 Å². The largest absolute Gasteiger partial charge is 0.250 e. The lowest BCUT2D eigenvalue weighted by atomic mass is 10.2. The van der Waals surface area contributed by atoms with E-state index >= 15 is 0 Å². The Hall–Kier alpha value is -1.38. The van der Waals surface area contributed by atoms with Crippen molar-refractivity contribution in [2.75, 3.05) is 13.1 Å². The number of benzene rings is 1. The molecule has 1 aromatic carbocycles. The molecule has 0 amide bonds. The predicted molar refractivity (Wildman–Crippen MR) is 82.0 cm³/mol. The third-order valence-electron chi connectivity index (χ3n) is 3.19. The summed E-state index contributed by atoms with van der Waals surface area (Å²) in [6.07, 6.45) is 2.13. The van der Waals surface area contributed by atoms with Crippen LogP contribution in [0.25, 0.3) is 0 Å². The van der Waals surface area contributed by atoms with E-state index in [9.17, 15) is 17.2 Å². The summed E-state index contributed by atoms with van der Waals surface area (Å²) in [6, 6.07) is 3.32. The van der Waals surface area contributed by atoms with Gasteiger partial charge in [0.25, 0.3) is 0 Å². The molecule has 0 spiro atoms. The van der Waals surface area contributed by atoms with Crippen LogP contribution in [-0.2, 0) is 22.2 Å². The Morgan fingerprint density at radius 3 is 2.50 bits per heavy atom. The normalized spacial score (nSPS) is 12.0. The molecule has 0 radical (unpaired) electrons. The molecule has 1 heterocycles. The maximum atomic E-state index is 13.6. The lowest BCUT2D eigenvalue weighted by molar-refractivity contribution is 0.428. The zero-order chi connectivity index (χ0) is 16.2. The number of likely N-dealkylation sites (N-methyl/N-ethyl adjacent to an activating group) is 1. The summed E-state index contributed by atoms with van der Waals surface area (Å²) in [6.45, 7) is 2.17. The van der Waals surface area contributed by atoms with E-state index in [1.807, 2.05) is 5.38 Å². The first-order valence-corrected chi connectivity index (χ1v) is 9.22. The second kappa shape index (κ2) is 7.26. The minimum atomic E-state index is -3.79. The molecular weight excluding hydrogens is 330 g/mol. The molecule has 120 valence electrons. The van der Waals surface area contributed by atoms with E-state index < -0.39 is 33.0 Å². The fourth-order valence-electron chi connectivity index (χ4n) is 2.03. The van der Waals surface area contributed by atoms with Gasteiger partial charge in [0, 0.05) is 36.7 Å². The molecule has 0 fully saturated rings. The Labute approximate surface area is 132 Å². The summed E-state index contributed by atoms with van der Waals surface area (Å²) in [7, 11) is -3.79. The summed E-state index contributed by atoms with van der Waals surface area (Å²) in [5.74, 6) is -2.38. The minimum absolute atomic E-state index is 0.239. The zero-order valence-electron chi connectivity index (χ0n) is 12.0. The Kier molecular flexibility index (Phi) is 5.60. The summed E-state index contributed by atoms with van der Waals surface area (Å²) >= 11 is 1.44. The van der Waals surface area contributed by atoms with E-state index in [-0.39, 0.29) is 13.1 Å². The van der Waals surface area contributed by atoms with Gasteiger partial charge in [-0.05, 0) is 12.1 Å². The van der Waals surface area contributed by atoms with Crippen LogP contribution in [0.15, 0.2) is 29.8 Å². The maximum Gasteiger partial charge on any atom is 0.218 e. The number of hydrogen-bond acceptors (Lipinski definition) is 4. The highest BCUT2D eigenvalue weighted by Gasteiger charge is 2.24. The van der Waals surface area contributed by atoms with Crippen molar-refractivity contribution < 1.29 is 17.2 Å². The van der Waals surface area contributed by atoms with Gasteiger partial charge in [0.05, 0.1) is 10.8 Å². The summed E-state index contributed by atoms with van der Waals surface area (Å²) in [5, 5.41) is 2.64. The van der Waals surface area contributed by atoms with Crippen molar-refractivity contribution in [1.82, 2.24) is 9.29 Å². The van der Waals surface area contributed by atoms with Crippen molar-refractivity contribution in [2.45, 2.75) is 19.1 Å². The van der Waals surface area contributed by atoms with Crippen LogP contribution in [0.3, 0.4) is 0 Å². The van der Waals surface area contributed by atoms with E-state index in [1.165, 1.54) is 21.7 Å². The van der Waals surface area contributed by atoms with Gasteiger partial charge in [-0.25, -0.2) is 26.5 Å². The van der Waals surface area contributed by atoms with Crippen LogP contribution in [0.4, 0.5) is 8.78 Å². The van der Waals surface area contributed by atoms with Crippen LogP contribution in [0.2, 0.25) is 0 Å². The Morgan fingerprint density at radius 2 is 1.95 bits per heavy atom. The van der Waals surface area contributed by atoms with Crippen molar-refractivity contribution in [1.29, 1.82) is 0 Å². The first-order chi connectivity index (χ1) is 10.4. The molecule has 22 heavy (non-hydrogen) atoms. The van der Waals surface area contributed by atoms with Crippen molar-refractivity contribution >= 4 is 21.4 Å². The third kappa shape index (κ3) is 4.08. The molecule has 0 saturated carbocycles. The van der Waals surface area contributed by atoms with Crippen LogP contribution in [0, 0.1) is 11.6 Å².